The monoisotopic (exact) mass is 313 g/mol. The van der Waals surface area contributed by atoms with Crippen LogP contribution in [0.25, 0.3) is 0 Å². The summed E-state index contributed by atoms with van der Waals surface area (Å²) in [6.07, 6.45) is 0.211. The molecule has 23 heavy (non-hydrogen) atoms. The van der Waals surface area contributed by atoms with E-state index in [0.29, 0.717) is 26.1 Å². The molecule has 1 unspecified atom stereocenters. The molecule has 0 radical (unpaired) electrons. The number of halogens is 1. The summed E-state index contributed by atoms with van der Waals surface area (Å²) in [5.74, 6) is -0.232. The fraction of sp³-hybridized carbons (Fsp3) is 0.316. The van der Waals surface area contributed by atoms with Gasteiger partial charge in [-0.25, -0.2) is 4.39 Å². The number of carbonyl (C=O) groups is 1. The van der Waals surface area contributed by atoms with Gasteiger partial charge in [-0.3, -0.25) is 4.79 Å². The molecule has 0 saturated carbocycles. The lowest BCUT2D eigenvalue weighted by atomic mass is 10.1. The van der Waals surface area contributed by atoms with Gasteiger partial charge in [0.15, 0.2) is 0 Å². The topological polar surface area (TPSA) is 29.5 Å². The van der Waals surface area contributed by atoms with Crippen molar-refractivity contribution in [1.82, 2.24) is 4.90 Å². The predicted molar refractivity (Wildman–Crippen MR) is 86.6 cm³/mol. The van der Waals surface area contributed by atoms with Gasteiger partial charge >= 0.3 is 0 Å². The van der Waals surface area contributed by atoms with Crippen LogP contribution in [0.4, 0.5) is 4.39 Å². The largest absolute Gasteiger partial charge is 0.370 e. The Balaban J connectivity index is 1.64. The molecule has 1 atom stereocenters. The van der Waals surface area contributed by atoms with Crippen molar-refractivity contribution < 1.29 is 13.9 Å². The summed E-state index contributed by atoms with van der Waals surface area (Å²) in [4.78, 5) is 14.3. The van der Waals surface area contributed by atoms with E-state index in [-0.39, 0.29) is 17.8 Å². The van der Waals surface area contributed by atoms with Gasteiger partial charge in [0.25, 0.3) is 0 Å². The van der Waals surface area contributed by atoms with Gasteiger partial charge in [-0.2, -0.15) is 0 Å². The third-order valence-electron chi connectivity index (χ3n) is 4.14. The van der Waals surface area contributed by atoms with Gasteiger partial charge < -0.3 is 9.64 Å². The van der Waals surface area contributed by atoms with Crippen molar-refractivity contribution in [2.45, 2.75) is 19.4 Å². The molecule has 0 bridgehead atoms. The number of ether oxygens (including phenoxy) is 1. The van der Waals surface area contributed by atoms with E-state index in [0.717, 1.165) is 11.1 Å². The van der Waals surface area contributed by atoms with Gasteiger partial charge in [-0.15, -0.1) is 0 Å². The maximum Gasteiger partial charge on any atom is 0.227 e. The van der Waals surface area contributed by atoms with Crippen LogP contribution >= 0.6 is 0 Å². The first-order valence-electron chi connectivity index (χ1n) is 7.82. The lowest BCUT2D eigenvalue weighted by Crippen LogP contribution is -2.42. The van der Waals surface area contributed by atoms with Gasteiger partial charge in [-0.1, -0.05) is 42.0 Å². The second-order valence-corrected chi connectivity index (χ2v) is 5.91. The molecular formula is C19H20FNO2. The fourth-order valence-corrected chi connectivity index (χ4v) is 2.75. The molecule has 4 heteroatoms. The summed E-state index contributed by atoms with van der Waals surface area (Å²) >= 11 is 0. The molecule has 2 aromatic carbocycles. The van der Waals surface area contributed by atoms with Crippen molar-refractivity contribution >= 4 is 5.91 Å². The van der Waals surface area contributed by atoms with Gasteiger partial charge in [-0.05, 0) is 30.2 Å². The Hall–Kier alpha value is -2.20. The molecule has 1 aliphatic rings. The molecule has 1 amide bonds. The van der Waals surface area contributed by atoms with E-state index in [9.17, 15) is 9.18 Å². The molecule has 1 fully saturated rings. The number of nitrogens with zero attached hydrogens (tertiary/aromatic N) is 1. The fourth-order valence-electron chi connectivity index (χ4n) is 2.75. The predicted octanol–water partition coefficient (Wildman–Crippen LogP) is 3.28. The SMILES string of the molecule is Cc1ccc(C2CN(C(=O)Cc3ccc(F)cc3)CCO2)cc1. The van der Waals surface area contributed by atoms with Crippen LogP contribution < -0.4 is 0 Å². The average molecular weight is 313 g/mol. The molecule has 1 aliphatic heterocycles. The molecule has 1 saturated heterocycles. The standard InChI is InChI=1S/C19H20FNO2/c1-14-2-6-16(7-3-14)18-13-21(10-11-23-18)19(22)12-15-4-8-17(20)9-5-15/h2-9,18H,10-13H2,1H3. The number of morpholine rings is 1. The third-order valence-corrected chi connectivity index (χ3v) is 4.14. The Morgan fingerprint density at radius 3 is 2.57 bits per heavy atom. The molecule has 2 aromatic rings. The van der Waals surface area contributed by atoms with E-state index < -0.39 is 0 Å². The van der Waals surface area contributed by atoms with Gasteiger partial charge in [0.2, 0.25) is 5.91 Å². The van der Waals surface area contributed by atoms with E-state index in [2.05, 4.69) is 12.1 Å². The van der Waals surface area contributed by atoms with E-state index >= 15 is 0 Å². The van der Waals surface area contributed by atoms with Crippen molar-refractivity contribution in [3.8, 4) is 0 Å². The zero-order valence-corrected chi connectivity index (χ0v) is 13.2. The Kier molecular flexibility index (Phi) is 4.72. The van der Waals surface area contributed by atoms with Crippen LogP contribution in [0.15, 0.2) is 48.5 Å². The molecule has 0 aromatic heterocycles. The van der Waals surface area contributed by atoms with Crippen LogP contribution in [0.1, 0.15) is 22.8 Å². The molecule has 1 heterocycles. The summed E-state index contributed by atoms with van der Waals surface area (Å²) in [7, 11) is 0. The van der Waals surface area contributed by atoms with Crippen molar-refractivity contribution in [3.63, 3.8) is 0 Å². The summed E-state index contributed by atoms with van der Waals surface area (Å²) < 4.78 is 18.7. The third kappa shape index (κ3) is 3.96. The zero-order valence-electron chi connectivity index (χ0n) is 13.2. The highest BCUT2D eigenvalue weighted by Crippen LogP contribution is 2.23. The van der Waals surface area contributed by atoms with Crippen LogP contribution in [0, 0.1) is 12.7 Å². The second-order valence-electron chi connectivity index (χ2n) is 5.91. The molecular weight excluding hydrogens is 293 g/mol. The number of hydrogen-bond acceptors (Lipinski definition) is 2. The average Bonchev–Trinajstić information content (AvgIpc) is 2.58. The molecule has 0 aliphatic carbocycles. The first-order chi connectivity index (χ1) is 11.1. The number of benzene rings is 2. The minimum Gasteiger partial charge on any atom is -0.370 e. The van der Waals surface area contributed by atoms with Crippen molar-refractivity contribution in [2.75, 3.05) is 19.7 Å². The van der Waals surface area contributed by atoms with Crippen LogP contribution in [0.3, 0.4) is 0 Å². The quantitative estimate of drug-likeness (QED) is 0.870. The number of rotatable bonds is 3. The maximum absolute atomic E-state index is 12.9. The van der Waals surface area contributed by atoms with Crippen LogP contribution in [0.2, 0.25) is 0 Å². The minimum atomic E-state index is -0.285. The lowest BCUT2D eigenvalue weighted by Gasteiger charge is -2.33. The van der Waals surface area contributed by atoms with Crippen molar-refractivity contribution in [2.24, 2.45) is 0 Å². The summed E-state index contributed by atoms with van der Waals surface area (Å²) in [5.41, 5.74) is 3.12. The summed E-state index contributed by atoms with van der Waals surface area (Å²) in [6, 6.07) is 14.3. The van der Waals surface area contributed by atoms with E-state index in [1.807, 2.05) is 24.0 Å². The maximum atomic E-state index is 12.9. The van der Waals surface area contributed by atoms with Crippen LogP contribution in [0.5, 0.6) is 0 Å². The minimum absolute atomic E-state index is 0.0528. The molecule has 3 rings (SSSR count). The summed E-state index contributed by atoms with van der Waals surface area (Å²) in [6.45, 7) is 3.74. The highest BCUT2D eigenvalue weighted by molar-refractivity contribution is 5.78. The molecule has 0 spiro atoms. The van der Waals surface area contributed by atoms with Gasteiger partial charge in [0, 0.05) is 6.54 Å². The van der Waals surface area contributed by atoms with E-state index in [4.69, 9.17) is 4.74 Å². The molecule has 0 N–H and O–H groups in total. The van der Waals surface area contributed by atoms with Gasteiger partial charge in [0.1, 0.15) is 11.9 Å². The van der Waals surface area contributed by atoms with Crippen molar-refractivity contribution in [3.05, 3.63) is 71.0 Å². The van der Waals surface area contributed by atoms with E-state index in [1.54, 1.807) is 12.1 Å². The summed E-state index contributed by atoms with van der Waals surface area (Å²) in [5, 5.41) is 0. The van der Waals surface area contributed by atoms with Crippen LogP contribution in [-0.2, 0) is 16.0 Å². The Morgan fingerprint density at radius 1 is 1.17 bits per heavy atom. The number of amides is 1. The number of carbonyl (C=O) groups excluding carboxylic acids is 1. The first-order valence-corrected chi connectivity index (χ1v) is 7.82. The highest BCUT2D eigenvalue weighted by Gasteiger charge is 2.25. The lowest BCUT2D eigenvalue weighted by molar-refractivity contribution is -0.138. The number of aryl methyl sites for hydroxylation is 1. The van der Waals surface area contributed by atoms with Crippen molar-refractivity contribution in [1.29, 1.82) is 0 Å². The van der Waals surface area contributed by atoms with E-state index in [1.165, 1.54) is 17.7 Å². The number of hydrogen-bond donors (Lipinski definition) is 0. The van der Waals surface area contributed by atoms with Gasteiger partial charge in [0.05, 0.1) is 19.6 Å². The Morgan fingerprint density at radius 2 is 1.87 bits per heavy atom. The normalized spacial score (nSPS) is 18.0. The highest BCUT2D eigenvalue weighted by atomic mass is 19.1. The second kappa shape index (κ2) is 6.92. The Labute approximate surface area is 135 Å². The Bertz CT molecular complexity index is 667. The first kappa shape index (κ1) is 15.7. The smallest absolute Gasteiger partial charge is 0.227 e. The molecule has 3 nitrogen and oxygen atoms in total. The molecule has 120 valence electrons. The van der Waals surface area contributed by atoms with Crippen LogP contribution in [-0.4, -0.2) is 30.5 Å². The zero-order chi connectivity index (χ0) is 16.2.